The number of aromatic nitrogens is 3. The molecule has 14 heavy (non-hydrogen) atoms. The number of ether oxygens (including phenoxy) is 1. The van der Waals surface area contributed by atoms with Crippen LogP contribution in [0.1, 0.15) is 18.3 Å². The highest BCUT2D eigenvalue weighted by Gasteiger charge is 2.29. The second kappa shape index (κ2) is 4.04. The van der Waals surface area contributed by atoms with Crippen LogP contribution in [0.5, 0.6) is 0 Å². The van der Waals surface area contributed by atoms with Gasteiger partial charge in [0.25, 0.3) is 0 Å². The lowest BCUT2D eigenvalue weighted by molar-refractivity contribution is 0.175. The maximum absolute atomic E-state index is 5.53. The van der Waals surface area contributed by atoms with E-state index in [0.29, 0.717) is 5.92 Å². The first-order valence-corrected chi connectivity index (χ1v) is 4.70. The van der Waals surface area contributed by atoms with Crippen molar-refractivity contribution in [2.24, 2.45) is 18.8 Å². The second-order valence-corrected chi connectivity index (χ2v) is 3.57. The summed E-state index contributed by atoms with van der Waals surface area (Å²) in [4.78, 5) is 0. The van der Waals surface area contributed by atoms with Crippen molar-refractivity contribution in [3.8, 4) is 0 Å². The number of nitrogens with one attached hydrogen (secondary N) is 1. The van der Waals surface area contributed by atoms with Gasteiger partial charge in [-0.2, -0.15) is 0 Å². The number of nitrogens with zero attached hydrogens (tertiary/aromatic N) is 3. The van der Waals surface area contributed by atoms with Gasteiger partial charge in [0.05, 0.1) is 12.6 Å². The molecule has 2 rings (SSSR count). The number of hydrogen-bond donors (Lipinski definition) is 2. The van der Waals surface area contributed by atoms with E-state index in [0.717, 1.165) is 25.5 Å². The summed E-state index contributed by atoms with van der Waals surface area (Å²) in [5, 5.41) is 7.88. The van der Waals surface area contributed by atoms with Crippen molar-refractivity contribution >= 4 is 0 Å². The molecule has 6 nitrogen and oxygen atoms in total. The van der Waals surface area contributed by atoms with Crippen molar-refractivity contribution in [3.63, 3.8) is 0 Å². The van der Waals surface area contributed by atoms with E-state index in [-0.39, 0.29) is 6.04 Å². The highest BCUT2D eigenvalue weighted by molar-refractivity contribution is 4.97. The van der Waals surface area contributed by atoms with E-state index in [4.69, 9.17) is 10.6 Å². The summed E-state index contributed by atoms with van der Waals surface area (Å²) >= 11 is 0. The quantitative estimate of drug-likeness (QED) is 0.497. The molecule has 1 fully saturated rings. The minimum atomic E-state index is 0.0324. The molecule has 0 saturated carbocycles. The third-order valence-corrected chi connectivity index (χ3v) is 2.64. The first-order chi connectivity index (χ1) is 6.83. The van der Waals surface area contributed by atoms with Crippen LogP contribution in [0.2, 0.25) is 0 Å². The third kappa shape index (κ3) is 1.63. The normalized spacial score (nSPS) is 24.0. The Labute approximate surface area is 82.4 Å². The zero-order valence-electron chi connectivity index (χ0n) is 8.18. The van der Waals surface area contributed by atoms with Gasteiger partial charge in [0.2, 0.25) is 0 Å². The van der Waals surface area contributed by atoms with Gasteiger partial charge in [-0.1, -0.05) is 0 Å². The summed E-state index contributed by atoms with van der Waals surface area (Å²) in [6.45, 7) is 1.54. The Hall–Kier alpha value is -0.980. The van der Waals surface area contributed by atoms with Gasteiger partial charge in [-0.15, -0.1) is 10.2 Å². The SMILES string of the molecule is Cn1cnnc1C(NN)C1CCOC1. The second-order valence-electron chi connectivity index (χ2n) is 3.57. The van der Waals surface area contributed by atoms with E-state index >= 15 is 0 Å². The topological polar surface area (TPSA) is 78.0 Å². The fourth-order valence-electron chi connectivity index (χ4n) is 1.81. The van der Waals surface area contributed by atoms with Crippen molar-refractivity contribution in [3.05, 3.63) is 12.2 Å². The van der Waals surface area contributed by atoms with Crippen LogP contribution in [0.15, 0.2) is 6.33 Å². The van der Waals surface area contributed by atoms with E-state index in [2.05, 4.69) is 15.6 Å². The van der Waals surface area contributed by atoms with Crippen LogP contribution < -0.4 is 11.3 Å². The Morgan fingerprint density at radius 2 is 2.64 bits per heavy atom. The monoisotopic (exact) mass is 197 g/mol. The molecular weight excluding hydrogens is 182 g/mol. The lowest BCUT2D eigenvalue weighted by Crippen LogP contribution is -2.35. The van der Waals surface area contributed by atoms with Crippen LogP contribution in [-0.2, 0) is 11.8 Å². The molecule has 0 aliphatic carbocycles. The van der Waals surface area contributed by atoms with E-state index in [9.17, 15) is 0 Å². The first-order valence-electron chi connectivity index (χ1n) is 4.70. The minimum absolute atomic E-state index is 0.0324. The predicted molar refractivity (Wildman–Crippen MR) is 50.0 cm³/mol. The molecule has 0 aromatic carbocycles. The fourth-order valence-corrected chi connectivity index (χ4v) is 1.81. The lowest BCUT2D eigenvalue weighted by Gasteiger charge is -2.19. The molecular formula is C8H15N5O. The summed E-state index contributed by atoms with van der Waals surface area (Å²) in [5.41, 5.74) is 2.78. The van der Waals surface area contributed by atoms with Crippen molar-refractivity contribution in [1.82, 2.24) is 20.2 Å². The van der Waals surface area contributed by atoms with Gasteiger partial charge >= 0.3 is 0 Å². The Morgan fingerprint density at radius 1 is 1.79 bits per heavy atom. The van der Waals surface area contributed by atoms with Crippen molar-refractivity contribution in [2.45, 2.75) is 12.5 Å². The summed E-state index contributed by atoms with van der Waals surface area (Å²) in [6, 6.07) is 0.0324. The van der Waals surface area contributed by atoms with Gasteiger partial charge in [-0.3, -0.25) is 5.84 Å². The molecule has 1 aliphatic heterocycles. The van der Waals surface area contributed by atoms with Crippen LogP contribution in [0.3, 0.4) is 0 Å². The summed E-state index contributed by atoms with van der Waals surface area (Å²) in [5.74, 6) is 6.78. The molecule has 0 bridgehead atoms. The Morgan fingerprint density at radius 3 is 3.14 bits per heavy atom. The first kappa shape index (κ1) is 9.57. The Bertz CT molecular complexity index is 294. The maximum Gasteiger partial charge on any atom is 0.151 e. The number of hydrogen-bond acceptors (Lipinski definition) is 5. The maximum atomic E-state index is 5.53. The standard InChI is InChI=1S/C8H15N5O/c1-13-5-10-12-8(13)7(11-9)6-2-3-14-4-6/h5-7,11H,2-4,9H2,1H3. The fraction of sp³-hybridized carbons (Fsp3) is 0.750. The number of hydrazine groups is 1. The molecule has 6 heteroatoms. The molecule has 3 N–H and O–H groups in total. The van der Waals surface area contributed by atoms with Gasteiger partial charge in [0.15, 0.2) is 5.82 Å². The van der Waals surface area contributed by atoms with Crippen LogP contribution in [0, 0.1) is 5.92 Å². The minimum Gasteiger partial charge on any atom is -0.381 e. The van der Waals surface area contributed by atoms with E-state index in [1.54, 1.807) is 6.33 Å². The predicted octanol–water partition coefficient (Wildman–Crippen LogP) is -0.644. The molecule has 1 aromatic heterocycles. The zero-order valence-corrected chi connectivity index (χ0v) is 8.18. The van der Waals surface area contributed by atoms with Gasteiger partial charge in [0, 0.05) is 19.6 Å². The lowest BCUT2D eigenvalue weighted by atomic mass is 9.99. The molecule has 0 radical (unpaired) electrons. The molecule has 2 unspecified atom stereocenters. The molecule has 1 aromatic rings. The summed E-state index contributed by atoms with van der Waals surface area (Å²) < 4.78 is 7.20. The third-order valence-electron chi connectivity index (χ3n) is 2.64. The average molecular weight is 197 g/mol. The largest absolute Gasteiger partial charge is 0.381 e. The van der Waals surface area contributed by atoms with Crippen molar-refractivity contribution < 1.29 is 4.74 Å². The molecule has 0 spiro atoms. The molecule has 1 aliphatic rings. The van der Waals surface area contributed by atoms with Crippen LogP contribution in [-0.4, -0.2) is 28.0 Å². The number of nitrogens with two attached hydrogens (primary N) is 1. The smallest absolute Gasteiger partial charge is 0.151 e. The van der Waals surface area contributed by atoms with Gasteiger partial charge in [0.1, 0.15) is 6.33 Å². The molecule has 0 amide bonds. The van der Waals surface area contributed by atoms with Crippen LogP contribution >= 0.6 is 0 Å². The zero-order chi connectivity index (χ0) is 9.97. The van der Waals surface area contributed by atoms with Gasteiger partial charge < -0.3 is 9.30 Å². The summed E-state index contributed by atoms with van der Waals surface area (Å²) in [7, 11) is 1.91. The van der Waals surface area contributed by atoms with E-state index < -0.39 is 0 Å². The van der Waals surface area contributed by atoms with Gasteiger partial charge in [-0.25, -0.2) is 5.43 Å². The summed E-state index contributed by atoms with van der Waals surface area (Å²) in [6.07, 6.45) is 2.69. The molecule has 1 saturated heterocycles. The van der Waals surface area contributed by atoms with Crippen molar-refractivity contribution in [1.29, 1.82) is 0 Å². The Kier molecular flexibility index (Phi) is 2.76. The highest BCUT2D eigenvalue weighted by Crippen LogP contribution is 2.26. The number of rotatable bonds is 3. The van der Waals surface area contributed by atoms with Crippen LogP contribution in [0.25, 0.3) is 0 Å². The molecule has 2 heterocycles. The molecule has 78 valence electrons. The van der Waals surface area contributed by atoms with Crippen molar-refractivity contribution in [2.75, 3.05) is 13.2 Å². The van der Waals surface area contributed by atoms with E-state index in [1.165, 1.54) is 0 Å². The van der Waals surface area contributed by atoms with Gasteiger partial charge in [-0.05, 0) is 6.42 Å². The van der Waals surface area contributed by atoms with E-state index in [1.807, 2.05) is 11.6 Å². The highest BCUT2D eigenvalue weighted by atomic mass is 16.5. The number of aryl methyl sites for hydroxylation is 1. The van der Waals surface area contributed by atoms with Crippen LogP contribution in [0.4, 0.5) is 0 Å². The Balaban J connectivity index is 2.16. The molecule has 2 atom stereocenters. The average Bonchev–Trinajstić information content (AvgIpc) is 2.80.